The van der Waals surface area contributed by atoms with E-state index in [-0.39, 0.29) is 33.6 Å². The van der Waals surface area contributed by atoms with E-state index in [2.05, 4.69) is 15.4 Å². The van der Waals surface area contributed by atoms with Gasteiger partial charge in [-0.25, -0.2) is 0 Å². The molecule has 150 valence electrons. The highest BCUT2D eigenvalue weighted by Crippen LogP contribution is 2.43. The fourth-order valence-corrected chi connectivity index (χ4v) is 3.88. The Morgan fingerprint density at radius 3 is 2.13 bits per heavy atom. The monoisotopic (exact) mass is 423 g/mol. The summed E-state index contributed by atoms with van der Waals surface area (Å²) >= 11 is 0. The van der Waals surface area contributed by atoms with E-state index >= 15 is 0 Å². The summed E-state index contributed by atoms with van der Waals surface area (Å²) in [4.78, 5) is 10.3. The van der Waals surface area contributed by atoms with E-state index in [4.69, 9.17) is 0 Å². The quantitative estimate of drug-likeness (QED) is 0.225. The maximum absolute atomic E-state index is 11.7. The summed E-state index contributed by atoms with van der Waals surface area (Å²) in [6.07, 6.45) is 0. The van der Waals surface area contributed by atoms with Crippen molar-refractivity contribution in [3.63, 3.8) is 0 Å². The highest BCUT2D eigenvalue weighted by atomic mass is 32.2. The van der Waals surface area contributed by atoms with Crippen molar-refractivity contribution in [3.8, 4) is 11.5 Å². The van der Waals surface area contributed by atoms with Crippen LogP contribution in [-0.2, 0) is 10.1 Å². The van der Waals surface area contributed by atoms with Crippen LogP contribution in [0.25, 0.3) is 21.5 Å². The van der Waals surface area contributed by atoms with Crippen molar-refractivity contribution in [3.05, 3.63) is 65.6 Å². The van der Waals surface area contributed by atoms with Gasteiger partial charge in [0.25, 0.3) is 10.1 Å². The van der Waals surface area contributed by atoms with Crippen LogP contribution in [-0.4, -0.2) is 23.2 Å². The predicted molar refractivity (Wildman–Crippen MR) is 111 cm³/mol. The van der Waals surface area contributed by atoms with Crippen molar-refractivity contribution in [1.82, 2.24) is 0 Å². The fourth-order valence-electron chi connectivity index (χ4n) is 3.17. The minimum atomic E-state index is -4.71. The Hall–Kier alpha value is -3.89. The summed E-state index contributed by atoms with van der Waals surface area (Å²) in [6, 6.07) is 14.9. The van der Waals surface area contributed by atoms with Gasteiger partial charge < -0.3 is 10.2 Å². The van der Waals surface area contributed by atoms with Crippen LogP contribution in [0, 0.1) is 4.91 Å². The molecule has 0 radical (unpaired) electrons. The zero-order chi connectivity index (χ0) is 21.5. The molecule has 4 aromatic carbocycles. The maximum atomic E-state index is 11.7. The van der Waals surface area contributed by atoms with Crippen LogP contribution in [0.4, 0.5) is 17.1 Å². The highest BCUT2D eigenvalue weighted by molar-refractivity contribution is 7.86. The second-order valence-electron chi connectivity index (χ2n) is 6.39. The Balaban J connectivity index is 1.98. The van der Waals surface area contributed by atoms with Gasteiger partial charge in [0, 0.05) is 22.2 Å². The number of aromatic hydroxyl groups is 2. The van der Waals surface area contributed by atoms with E-state index in [0.717, 1.165) is 17.5 Å². The lowest BCUT2D eigenvalue weighted by molar-refractivity contribution is 0.468. The number of phenols is 2. The van der Waals surface area contributed by atoms with E-state index in [1.54, 1.807) is 18.2 Å². The third-order valence-electron chi connectivity index (χ3n) is 4.55. The Kier molecular flexibility index (Phi) is 4.65. The number of hydrogen-bond donors (Lipinski definition) is 3. The van der Waals surface area contributed by atoms with E-state index in [0.29, 0.717) is 5.39 Å². The molecule has 0 amide bonds. The minimum Gasteiger partial charge on any atom is -0.506 e. The Bertz CT molecular complexity index is 1460. The SMILES string of the molecule is O=Nc1ccc2c(/N=N/c3c(O)ccc4ccccc34)c(O)cc(S(=O)(=O)O)c2c1. The Morgan fingerprint density at radius 2 is 1.43 bits per heavy atom. The molecule has 0 atom stereocenters. The first-order valence-corrected chi connectivity index (χ1v) is 9.96. The molecule has 0 aliphatic rings. The Morgan fingerprint density at radius 1 is 0.733 bits per heavy atom. The molecule has 0 aliphatic heterocycles. The van der Waals surface area contributed by atoms with Gasteiger partial charge in [0.15, 0.2) is 0 Å². The molecule has 0 saturated heterocycles. The third kappa shape index (κ3) is 3.34. The molecule has 0 fully saturated rings. The van der Waals surface area contributed by atoms with E-state index < -0.39 is 20.8 Å². The van der Waals surface area contributed by atoms with Crippen molar-refractivity contribution in [1.29, 1.82) is 0 Å². The minimum absolute atomic E-state index is 0.0662. The molecule has 9 nitrogen and oxygen atoms in total. The number of nitroso groups, excluding NO2 is 1. The maximum Gasteiger partial charge on any atom is 0.295 e. The molecule has 4 rings (SSSR count). The standard InChI is InChI=1S/C20H13N3O6S/c24-16-8-5-11-3-1-2-4-13(11)19(16)21-22-20-14-7-6-12(23-26)9-15(14)18(10-17(20)25)30(27,28)29/h1-10,24-25H,(H,27,28,29)/b22-21+. The van der Waals surface area contributed by atoms with Gasteiger partial charge in [0.05, 0.1) is 0 Å². The van der Waals surface area contributed by atoms with Gasteiger partial charge >= 0.3 is 0 Å². The van der Waals surface area contributed by atoms with E-state index in [1.807, 2.05) is 12.1 Å². The number of rotatable bonds is 4. The summed E-state index contributed by atoms with van der Waals surface area (Å²) < 4.78 is 33.0. The molecule has 3 N–H and O–H groups in total. The van der Waals surface area contributed by atoms with Crippen LogP contribution in [0.3, 0.4) is 0 Å². The van der Waals surface area contributed by atoms with Gasteiger partial charge in [-0.05, 0) is 34.8 Å². The van der Waals surface area contributed by atoms with Crippen molar-refractivity contribution >= 4 is 48.7 Å². The molecule has 0 unspecified atom stereocenters. The van der Waals surface area contributed by atoms with Crippen molar-refractivity contribution in [2.45, 2.75) is 4.90 Å². The average molecular weight is 423 g/mol. The number of nitrogens with zero attached hydrogens (tertiary/aromatic N) is 3. The lowest BCUT2D eigenvalue weighted by Crippen LogP contribution is -1.99. The number of phenolic OH excluding ortho intramolecular Hbond substituents is 2. The van der Waals surface area contributed by atoms with Gasteiger partial charge in [-0.3, -0.25) is 4.55 Å². The van der Waals surface area contributed by atoms with E-state index in [1.165, 1.54) is 18.2 Å². The molecule has 0 heterocycles. The molecular formula is C20H13N3O6S. The predicted octanol–water partition coefficient (Wildman–Crippen LogP) is 5.46. The van der Waals surface area contributed by atoms with Crippen LogP contribution in [0.5, 0.6) is 11.5 Å². The lowest BCUT2D eigenvalue weighted by atomic mass is 10.1. The number of benzene rings is 4. The zero-order valence-corrected chi connectivity index (χ0v) is 15.9. The zero-order valence-electron chi connectivity index (χ0n) is 15.1. The average Bonchev–Trinajstić information content (AvgIpc) is 2.72. The van der Waals surface area contributed by atoms with Gasteiger partial charge in [0.1, 0.15) is 33.5 Å². The van der Waals surface area contributed by atoms with Crippen LogP contribution < -0.4 is 0 Å². The summed E-state index contributed by atoms with van der Waals surface area (Å²) in [5, 5.41) is 32.9. The van der Waals surface area contributed by atoms with E-state index in [9.17, 15) is 28.1 Å². The summed E-state index contributed by atoms with van der Waals surface area (Å²) in [5.41, 5.74) is -0.0273. The lowest BCUT2D eigenvalue weighted by Gasteiger charge is -2.09. The molecule has 0 saturated carbocycles. The van der Waals surface area contributed by atoms with Crippen molar-refractivity contribution in [2.75, 3.05) is 0 Å². The molecular weight excluding hydrogens is 410 g/mol. The molecule has 0 bridgehead atoms. The molecule has 0 aromatic heterocycles. The second kappa shape index (κ2) is 7.17. The van der Waals surface area contributed by atoms with Crippen molar-refractivity contribution < 1.29 is 23.2 Å². The molecule has 30 heavy (non-hydrogen) atoms. The van der Waals surface area contributed by atoms with Gasteiger partial charge in [-0.1, -0.05) is 30.3 Å². The van der Waals surface area contributed by atoms with Gasteiger partial charge in [-0.2, -0.15) is 8.42 Å². The summed E-state index contributed by atoms with van der Waals surface area (Å²) in [7, 11) is -4.71. The van der Waals surface area contributed by atoms with Crippen LogP contribution in [0.15, 0.2) is 81.0 Å². The molecule has 0 aliphatic carbocycles. The van der Waals surface area contributed by atoms with Crippen molar-refractivity contribution in [2.24, 2.45) is 15.4 Å². The molecule has 10 heteroatoms. The second-order valence-corrected chi connectivity index (χ2v) is 7.78. The Labute approximate surface area is 169 Å². The molecule has 4 aromatic rings. The number of azo groups is 1. The van der Waals surface area contributed by atoms with Gasteiger partial charge in [-0.15, -0.1) is 15.1 Å². The summed E-state index contributed by atoms with van der Waals surface area (Å²) in [6.45, 7) is 0. The smallest absolute Gasteiger partial charge is 0.295 e. The molecule has 0 spiro atoms. The topological polar surface area (TPSA) is 149 Å². The number of hydrogen-bond acceptors (Lipinski definition) is 8. The number of fused-ring (bicyclic) bond motifs is 2. The first-order valence-electron chi connectivity index (χ1n) is 8.52. The largest absolute Gasteiger partial charge is 0.506 e. The fraction of sp³-hybridized carbons (Fsp3) is 0. The first kappa shape index (κ1) is 19.4. The van der Waals surface area contributed by atoms with Crippen LogP contribution >= 0.6 is 0 Å². The summed E-state index contributed by atoms with van der Waals surface area (Å²) in [5.74, 6) is -0.700. The van der Waals surface area contributed by atoms with Gasteiger partial charge in [0.2, 0.25) is 0 Å². The van der Waals surface area contributed by atoms with Crippen LogP contribution in [0.2, 0.25) is 0 Å². The van der Waals surface area contributed by atoms with Crippen LogP contribution in [0.1, 0.15) is 0 Å². The highest BCUT2D eigenvalue weighted by Gasteiger charge is 2.20. The normalized spacial score (nSPS) is 12.0. The third-order valence-corrected chi connectivity index (χ3v) is 5.44. The first-order chi connectivity index (χ1) is 14.3.